The molecule has 0 bridgehead atoms. The maximum absolute atomic E-state index is 12.8. The molecule has 0 aliphatic carbocycles. The highest BCUT2D eigenvalue weighted by molar-refractivity contribution is 7.99. The van der Waals surface area contributed by atoms with Gasteiger partial charge in [0.1, 0.15) is 16.8 Å². The molecule has 1 atom stereocenters. The third-order valence-electron chi connectivity index (χ3n) is 5.32. The summed E-state index contributed by atoms with van der Waals surface area (Å²) in [5.74, 6) is 1.79. The van der Waals surface area contributed by atoms with Gasteiger partial charge in [-0.3, -0.25) is 9.59 Å². The minimum absolute atomic E-state index is 0.0129. The standard InChI is InChI=1S/C24H25N3O3S2/c1-30-21-10-6-5-7-17(21)11-12-22(28)27-16-31-15-20(27)23(29)25-13-19-14-32-24(26-19)18-8-3-2-4-9-18/h2-10,14,20H,11-13,15-16H2,1H3,(H,25,29)/t20-/m1/s1. The summed E-state index contributed by atoms with van der Waals surface area (Å²) < 4.78 is 5.37. The summed E-state index contributed by atoms with van der Waals surface area (Å²) in [5.41, 5.74) is 2.88. The molecule has 2 amide bonds. The van der Waals surface area contributed by atoms with Crippen LogP contribution < -0.4 is 10.1 Å². The molecule has 0 unspecified atom stereocenters. The van der Waals surface area contributed by atoms with E-state index in [1.807, 2.05) is 60.0 Å². The number of ether oxygens (including phenoxy) is 1. The van der Waals surface area contributed by atoms with Crippen LogP contribution in [0.2, 0.25) is 0 Å². The van der Waals surface area contributed by atoms with Crippen LogP contribution in [0, 0.1) is 0 Å². The van der Waals surface area contributed by atoms with Crippen molar-refractivity contribution in [3.05, 3.63) is 71.2 Å². The van der Waals surface area contributed by atoms with Gasteiger partial charge in [0.15, 0.2) is 0 Å². The van der Waals surface area contributed by atoms with Crippen molar-refractivity contribution in [2.75, 3.05) is 18.7 Å². The first-order chi connectivity index (χ1) is 15.7. The highest BCUT2D eigenvalue weighted by Gasteiger charge is 2.34. The molecule has 2 aromatic carbocycles. The molecule has 1 N–H and O–H groups in total. The predicted molar refractivity (Wildman–Crippen MR) is 129 cm³/mol. The molecule has 8 heteroatoms. The van der Waals surface area contributed by atoms with Crippen LogP contribution in [0.3, 0.4) is 0 Å². The van der Waals surface area contributed by atoms with Crippen molar-refractivity contribution in [3.63, 3.8) is 0 Å². The molecule has 0 spiro atoms. The van der Waals surface area contributed by atoms with Crippen molar-refractivity contribution < 1.29 is 14.3 Å². The smallest absolute Gasteiger partial charge is 0.244 e. The van der Waals surface area contributed by atoms with Crippen LogP contribution >= 0.6 is 23.1 Å². The van der Waals surface area contributed by atoms with Gasteiger partial charge in [0.2, 0.25) is 11.8 Å². The third-order valence-corrected chi connectivity index (χ3v) is 7.27. The number of nitrogens with zero attached hydrogens (tertiary/aromatic N) is 2. The molecule has 3 aromatic rings. The monoisotopic (exact) mass is 467 g/mol. The molecule has 1 aliphatic rings. The van der Waals surface area contributed by atoms with Crippen molar-refractivity contribution in [1.29, 1.82) is 0 Å². The second-order valence-corrected chi connectivity index (χ2v) is 9.28. The van der Waals surface area contributed by atoms with Gasteiger partial charge in [-0.05, 0) is 18.1 Å². The third kappa shape index (κ3) is 5.31. The number of aryl methyl sites for hydroxylation is 1. The normalized spacial score (nSPS) is 15.5. The lowest BCUT2D eigenvalue weighted by molar-refractivity contribution is -0.138. The zero-order chi connectivity index (χ0) is 22.3. The number of amides is 2. The number of para-hydroxylation sites is 1. The van der Waals surface area contributed by atoms with E-state index in [1.54, 1.807) is 35.1 Å². The summed E-state index contributed by atoms with van der Waals surface area (Å²) in [7, 11) is 1.63. The summed E-state index contributed by atoms with van der Waals surface area (Å²) in [6.45, 7) is 0.354. The molecular formula is C24H25N3O3S2. The molecule has 32 heavy (non-hydrogen) atoms. The lowest BCUT2D eigenvalue weighted by Gasteiger charge is -2.23. The van der Waals surface area contributed by atoms with E-state index in [-0.39, 0.29) is 11.8 Å². The van der Waals surface area contributed by atoms with Gasteiger partial charge in [-0.2, -0.15) is 0 Å². The number of thioether (sulfide) groups is 1. The van der Waals surface area contributed by atoms with E-state index in [0.717, 1.165) is 27.6 Å². The minimum atomic E-state index is -0.447. The number of carbonyl (C=O) groups excluding carboxylic acids is 2. The first-order valence-corrected chi connectivity index (χ1v) is 12.5. The summed E-state index contributed by atoms with van der Waals surface area (Å²) in [4.78, 5) is 32.0. The van der Waals surface area contributed by atoms with E-state index in [1.165, 1.54) is 0 Å². The minimum Gasteiger partial charge on any atom is -0.496 e. The van der Waals surface area contributed by atoms with Crippen LogP contribution in [0.5, 0.6) is 5.75 Å². The summed E-state index contributed by atoms with van der Waals surface area (Å²) in [5, 5.41) is 5.85. The van der Waals surface area contributed by atoms with Crippen LogP contribution in [0.15, 0.2) is 60.0 Å². The molecule has 4 rings (SSSR count). The Kier molecular flexibility index (Phi) is 7.44. The number of hydrogen-bond acceptors (Lipinski definition) is 6. The van der Waals surface area contributed by atoms with E-state index in [0.29, 0.717) is 31.0 Å². The number of rotatable bonds is 8. The number of hydrogen-bond donors (Lipinski definition) is 1. The Morgan fingerprint density at radius 1 is 1.16 bits per heavy atom. The predicted octanol–water partition coefficient (Wildman–Crippen LogP) is 3.97. The van der Waals surface area contributed by atoms with E-state index in [2.05, 4.69) is 10.3 Å². The first kappa shape index (κ1) is 22.4. The average Bonchev–Trinajstić information content (AvgIpc) is 3.52. The fraction of sp³-hybridized carbons (Fsp3) is 0.292. The molecule has 0 saturated carbocycles. The van der Waals surface area contributed by atoms with E-state index in [9.17, 15) is 9.59 Å². The molecular weight excluding hydrogens is 442 g/mol. The van der Waals surface area contributed by atoms with Gasteiger partial charge in [0.05, 0.1) is 25.2 Å². The molecule has 1 aliphatic heterocycles. The van der Waals surface area contributed by atoms with Crippen molar-refractivity contribution in [3.8, 4) is 16.3 Å². The molecule has 6 nitrogen and oxygen atoms in total. The summed E-state index contributed by atoms with van der Waals surface area (Å²) in [6, 6.07) is 17.2. The van der Waals surface area contributed by atoms with Crippen molar-refractivity contribution in [1.82, 2.24) is 15.2 Å². The maximum Gasteiger partial charge on any atom is 0.244 e. The molecule has 1 fully saturated rings. The lowest BCUT2D eigenvalue weighted by atomic mass is 10.1. The molecule has 166 valence electrons. The zero-order valence-electron chi connectivity index (χ0n) is 17.8. The number of benzene rings is 2. The van der Waals surface area contributed by atoms with Crippen LogP contribution in [-0.4, -0.2) is 46.5 Å². The highest BCUT2D eigenvalue weighted by atomic mass is 32.2. The number of aromatic nitrogens is 1. The maximum atomic E-state index is 12.8. The highest BCUT2D eigenvalue weighted by Crippen LogP contribution is 2.25. The van der Waals surface area contributed by atoms with E-state index < -0.39 is 6.04 Å². The molecule has 1 saturated heterocycles. The van der Waals surface area contributed by atoms with Crippen LogP contribution in [0.4, 0.5) is 0 Å². The van der Waals surface area contributed by atoms with Crippen LogP contribution in [0.1, 0.15) is 17.7 Å². The first-order valence-electron chi connectivity index (χ1n) is 10.4. The van der Waals surface area contributed by atoms with Gasteiger partial charge >= 0.3 is 0 Å². The van der Waals surface area contributed by atoms with Gasteiger partial charge in [0.25, 0.3) is 0 Å². The van der Waals surface area contributed by atoms with Crippen molar-refractivity contribution in [2.24, 2.45) is 0 Å². The Hall–Kier alpha value is -2.84. The quantitative estimate of drug-likeness (QED) is 0.543. The Balaban J connectivity index is 1.31. The number of thiazole rings is 1. The molecule has 1 aromatic heterocycles. The van der Waals surface area contributed by atoms with Gasteiger partial charge in [0, 0.05) is 23.1 Å². The number of carbonyl (C=O) groups is 2. The summed E-state index contributed by atoms with van der Waals surface area (Å²) in [6.07, 6.45) is 0.927. The van der Waals surface area contributed by atoms with Gasteiger partial charge in [-0.1, -0.05) is 48.5 Å². The summed E-state index contributed by atoms with van der Waals surface area (Å²) >= 11 is 3.16. The van der Waals surface area contributed by atoms with Crippen molar-refractivity contribution in [2.45, 2.75) is 25.4 Å². The van der Waals surface area contributed by atoms with Crippen LogP contribution in [-0.2, 0) is 22.6 Å². The topological polar surface area (TPSA) is 71.5 Å². The fourth-order valence-electron chi connectivity index (χ4n) is 3.60. The van der Waals surface area contributed by atoms with E-state index >= 15 is 0 Å². The van der Waals surface area contributed by atoms with Gasteiger partial charge in [-0.15, -0.1) is 23.1 Å². The SMILES string of the molecule is COc1ccccc1CCC(=O)N1CSC[C@@H]1C(=O)NCc1csc(-c2ccccc2)n1. The lowest BCUT2D eigenvalue weighted by Crippen LogP contribution is -2.47. The Morgan fingerprint density at radius 3 is 2.75 bits per heavy atom. The van der Waals surface area contributed by atoms with E-state index in [4.69, 9.17) is 4.74 Å². The molecule has 2 heterocycles. The Morgan fingerprint density at radius 2 is 1.94 bits per heavy atom. The fourth-order valence-corrected chi connectivity index (χ4v) is 5.60. The largest absolute Gasteiger partial charge is 0.496 e. The van der Waals surface area contributed by atoms with Gasteiger partial charge < -0.3 is 15.0 Å². The average molecular weight is 468 g/mol. The zero-order valence-corrected chi connectivity index (χ0v) is 19.5. The number of nitrogens with one attached hydrogen (secondary N) is 1. The Bertz CT molecular complexity index is 1070. The second kappa shape index (κ2) is 10.7. The van der Waals surface area contributed by atoms with Crippen molar-refractivity contribution >= 4 is 34.9 Å². The van der Waals surface area contributed by atoms with Crippen LogP contribution in [0.25, 0.3) is 10.6 Å². The second-order valence-electron chi connectivity index (χ2n) is 7.42. The Labute approximate surface area is 196 Å². The molecule has 0 radical (unpaired) electrons. The van der Waals surface area contributed by atoms with Gasteiger partial charge in [-0.25, -0.2) is 4.98 Å². The number of methoxy groups -OCH3 is 1.